The summed E-state index contributed by atoms with van der Waals surface area (Å²) in [5.41, 5.74) is 2.90. The Morgan fingerprint density at radius 1 is 1.44 bits per heavy atom. The normalized spacial score (nSPS) is 12.7. The number of rotatable bonds is 1. The maximum Gasteiger partial charge on any atom is 0.411 e. The third kappa shape index (κ3) is 1.82. The van der Waals surface area contributed by atoms with E-state index in [9.17, 15) is 4.79 Å². The van der Waals surface area contributed by atoms with Crippen LogP contribution >= 0.6 is 11.3 Å². The van der Waals surface area contributed by atoms with Gasteiger partial charge in [0.25, 0.3) is 0 Å². The third-order valence-corrected chi connectivity index (χ3v) is 3.75. The number of carbonyl (C=O) groups is 1. The summed E-state index contributed by atoms with van der Waals surface area (Å²) in [5, 5.41) is 11.8. The van der Waals surface area contributed by atoms with Crippen molar-refractivity contribution in [3.63, 3.8) is 0 Å². The molecule has 0 saturated carbocycles. The SMILES string of the molecule is Cc1nc2c(s1)-c1nc(NC(=O)O)ncc1CC2. The molecule has 1 aliphatic carbocycles. The van der Waals surface area contributed by atoms with Crippen molar-refractivity contribution in [1.29, 1.82) is 0 Å². The number of aromatic nitrogens is 3. The minimum Gasteiger partial charge on any atom is -0.465 e. The third-order valence-electron chi connectivity index (χ3n) is 2.73. The predicted octanol–water partition coefficient (Wildman–Crippen LogP) is 2.10. The van der Waals surface area contributed by atoms with Crippen LogP contribution in [0.15, 0.2) is 6.20 Å². The molecule has 0 unspecified atom stereocenters. The zero-order valence-electron chi connectivity index (χ0n) is 9.60. The van der Waals surface area contributed by atoms with E-state index in [1.807, 2.05) is 6.92 Å². The van der Waals surface area contributed by atoms with E-state index in [1.54, 1.807) is 17.5 Å². The summed E-state index contributed by atoms with van der Waals surface area (Å²) in [6.45, 7) is 1.96. The fourth-order valence-electron chi connectivity index (χ4n) is 2.02. The molecule has 2 N–H and O–H groups in total. The van der Waals surface area contributed by atoms with Crippen LogP contribution in [0, 0.1) is 6.92 Å². The lowest BCUT2D eigenvalue weighted by molar-refractivity contribution is 0.209. The molecule has 1 amide bonds. The van der Waals surface area contributed by atoms with Crippen LogP contribution in [0.25, 0.3) is 10.6 Å². The number of amides is 1. The van der Waals surface area contributed by atoms with Crippen LogP contribution < -0.4 is 5.32 Å². The van der Waals surface area contributed by atoms with E-state index < -0.39 is 6.09 Å². The minimum atomic E-state index is -1.16. The molecule has 0 fully saturated rings. The fourth-order valence-corrected chi connectivity index (χ4v) is 3.01. The van der Waals surface area contributed by atoms with Crippen molar-refractivity contribution in [2.45, 2.75) is 19.8 Å². The van der Waals surface area contributed by atoms with Gasteiger partial charge in [-0.3, -0.25) is 5.32 Å². The number of hydrogen-bond donors (Lipinski definition) is 2. The first-order chi connectivity index (χ1) is 8.63. The van der Waals surface area contributed by atoms with Crippen LogP contribution in [0.3, 0.4) is 0 Å². The van der Waals surface area contributed by atoms with Crippen molar-refractivity contribution in [3.8, 4) is 10.6 Å². The van der Waals surface area contributed by atoms with Crippen LogP contribution in [0.4, 0.5) is 10.7 Å². The van der Waals surface area contributed by atoms with E-state index in [0.29, 0.717) is 0 Å². The predicted molar refractivity (Wildman–Crippen MR) is 66.9 cm³/mol. The molecule has 92 valence electrons. The van der Waals surface area contributed by atoms with Crippen LogP contribution in [0.1, 0.15) is 16.3 Å². The Balaban J connectivity index is 2.09. The molecule has 2 aromatic rings. The van der Waals surface area contributed by atoms with Gasteiger partial charge in [-0.05, 0) is 25.3 Å². The van der Waals surface area contributed by atoms with E-state index in [-0.39, 0.29) is 5.95 Å². The van der Waals surface area contributed by atoms with E-state index >= 15 is 0 Å². The molecule has 2 heterocycles. The number of thiazole rings is 1. The summed E-state index contributed by atoms with van der Waals surface area (Å²) in [4.78, 5) is 24.3. The number of hydrogen-bond acceptors (Lipinski definition) is 5. The minimum absolute atomic E-state index is 0.111. The van der Waals surface area contributed by atoms with Crippen LogP contribution in [-0.2, 0) is 12.8 Å². The highest BCUT2D eigenvalue weighted by Crippen LogP contribution is 2.36. The molecule has 7 heteroatoms. The second-order valence-corrected chi connectivity index (χ2v) is 5.21. The summed E-state index contributed by atoms with van der Waals surface area (Å²) in [6.07, 6.45) is 2.26. The molecule has 0 aromatic carbocycles. The average molecular weight is 262 g/mol. The van der Waals surface area contributed by atoms with Crippen LogP contribution in [-0.4, -0.2) is 26.2 Å². The maximum absolute atomic E-state index is 10.6. The Morgan fingerprint density at radius 3 is 3.06 bits per heavy atom. The molecule has 0 atom stereocenters. The second-order valence-electron chi connectivity index (χ2n) is 4.01. The average Bonchev–Trinajstić information content (AvgIpc) is 2.69. The monoisotopic (exact) mass is 262 g/mol. The number of nitrogens with one attached hydrogen (secondary N) is 1. The van der Waals surface area contributed by atoms with Crippen LogP contribution in [0.2, 0.25) is 0 Å². The van der Waals surface area contributed by atoms with Gasteiger partial charge in [-0.15, -0.1) is 11.3 Å². The van der Waals surface area contributed by atoms with Crippen molar-refractivity contribution in [2.75, 3.05) is 5.32 Å². The number of aryl methyl sites for hydroxylation is 3. The van der Waals surface area contributed by atoms with Gasteiger partial charge in [-0.1, -0.05) is 0 Å². The molecular formula is C11H10N4O2S. The fraction of sp³-hybridized carbons (Fsp3) is 0.273. The Labute approximate surface area is 107 Å². The quantitative estimate of drug-likeness (QED) is 0.821. The second kappa shape index (κ2) is 4.02. The Hall–Kier alpha value is -2.02. The smallest absolute Gasteiger partial charge is 0.411 e. The van der Waals surface area contributed by atoms with Gasteiger partial charge in [-0.2, -0.15) is 0 Å². The van der Waals surface area contributed by atoms with E-state index in [4.69, 9.17) is 5.11 Å². The summed E-state index contributed by atoms with van der Waals surface area (Å²) < 4.78 is 0. The molecule has 1 aliphatic rings. The Morgan fingerprint density at radius 2 is 2.28 bits per heavy atom. The number of carboxylic acid groups (broad SMARTS) is 1. The zero-order chi connectivity index (χ0) is 12.7. The first-order valence-electron chi connectivity index (χ1n) is 5.46. The highest BCUT2D eigenvalue weighted by Gasteiger charge is 2.22. The molecule has 0 aliphatic heterocycles. The molecule has 2 aromatic heterocycles. The van der Waals surface area contributed by atoms with Gasteiger partial charge in [0.2, 0.25) is 5.95 Å². The molecule has 3 rings (SSSR count). The number of fused-ring (bicyclic) bond motifs is 3. The van der Waals surface area contributed by atoms with E-state index in [2.05, 4.69) is 20.3 Å². The molecular weight excluding hydrogens is 252 g/mol. The largest absolute Gasteiger partial charge is 0.465 e. The lowest BCUT2D eigenvalue weighted by atomic mass is 10.00. The molecule has 18 heavy (non-hydrogen) atoms. The highest BCUT2D eigenvalue weighted by molar-refractivity contribution is 7.15. The van der Waals surface area contributed by atoms with Gasteiger partial charge < -0.3 is 5.11 Å². The van der Waals surface area contributed by atoms with Gasteiger partial charge in [0, 0.05) is 6.20 Å². The summed E-state index contributed by atoms with van der Waals surface area (Å²) in [6, 6.07) is 0. The molecule has 0 saturated heterocycles. The number of nitrogens with zero attached hydrogens (tertiary/aromatic N) is 3. The highest BCUT2D eigenvalue weighted by atomic mass is 32.1. The van der Waals surface area contributed by atoms with Gasteiger partial charge in [0.05, 0.1) is 21.3 Å². The molecule has 0 radical (unpaired) electrons. The van der Waals surface area contributed by atoms with Crippen molar-refractivity contribution >= 4 is 23.4 Å². The van der Waals surface area contributed by atoms with Gasteiger partial charge in [0.15, 0.2) is 0 Å². The molecule has 0 bridgehead atoms. The summed E-state index contributed by atoms with van der Waals surface area (Å²) in [5.74, 6) is 0.111. The number of anilines is 1. The van der Waals surface area contributed by atoms with Crippen molar-refractivity contribution in [2.24, 2.45) is 0 Å². The lowest BCUT2D eigenvalue weighted by Crippen LogP contribution is -2.13. The first-order valence-corrected chi connectivity index (χ1v) is 6.27. The Kier molecular flexibility index (Phi) is 2.48. The first kappa shape index (κ1) is 11.1. The molecule has 6 nitrogen and oxygen atoms in total. The van der Waals surface area contributed by atoms with Crippen molar-refractivity contribution in [1.82, 2.24) is 15.0 Å². The van der Waals surface area contributed by atoms with Gasteiger partial charge >= 0.3 is 6.09 Å². The maximum atomic E-state index is 10.6. The molecule has 0 spiro atoms. The van der Waals surface area contributed by atoms with Crippen LogP contribution in [0.5, 0.6) is 0 Å². The zero-order valence-corrected chi connectivity index (χ0v) is 10.4. The van der Waals surface area contributed by atoms with E-state index in [0.717, 1.165) is 39.7 Å². The van der Waals surface area contributed by atoms with Crippen molar-refractivity contribution < 1.29 is 9.90 Å². The van der Waals surface area contributed by atoms with Gasteiger partial charge in [-0.25, -0.2) is 19.7 Å². The standard InChI is InChI=1S/C11H10N4O2S/c1-5-13-7-3-2-6-4-12-10(15-11(16)17)14-8(6)9(7)18-5/h4H,2-3H2,1H3,(H,16,17)(H,12,14,15). The Bertz CT molecular complexity index is 638. The topological polar surface area (TPSA) is 88.0 Å². The van der Waals surface area contributed by atoms with E-state index in [1.165, 1.54) is 0 Å². The lowest BCUT2D eigenvalue weighted by Gasteiger charge is -2.14. The van der Waals surface area contributed by atoms with Crippen molar-refractivity contribution in [3.05, 3.63) is 22.5 Å². The summed E-state index contributed by atoms with van der Waals surface area (Å²) >= 11 is 1.58. The summed E-state index contributed by atoms with van der Waals surface area (Å²) in [7, 11) is 0. The van der Waals surface area contributed by atoms with Gasteiger partial charge in [0.1, 0.15) is 0 Å².